The molecule has 160 valence electrons. The van der Waals surface area contributed by atoms with Gasteiger partial charge in [-0.3, -0.25) is 4.79 Å². The van der Waals surface area contributed by atoms with Crippen molar-refractivity contribution >= 4 is 23.4 Å². The molecule has 0 radical (unpaired) electrons. The summed E-state index contributed by atoms with van der Waals surface area (Å²) in [5.41, 5.74) is 3.09. The molecule has 0 atom stereocenters. The minimum Gasteiger partial charge on any atom is -0.489 e. The minimum absolute atomic E-state index is 0.0996. The summed E-state index contributed by atoms with van der Waals surface area (Å²) in [5, 5.41) is 0.541. The average Bonchev–Trinajstić information content (AvgIpc) is 2.76. The van der Waals surface area contributed by atoms with Crippen molar-refractivity contribution in [1.82, 2.24) is 0 Å². The second-order valence-electron chi connectivity index (χ2n) is 8.27. The van der Waals surface area contributed by atoms with Crippen LogP contribution in [0, 0.1) is 0 Å². The van der Waals surface area contributed by atoms with Gasteiger partial charge in [0.15, 0.2) is 12.4 Å². The predicted octanol–water partition coefficient (Wildman–Crippen LogP) is 6.26. The number of esters is 1. The number of carbonyl (C=O) groups excluding carboxylic acids is 2. The van der Waals surface area contributed by atoms with Crippen LogP contribution in [0.2, 0.25) is 5.02 Å². The van der Waals surface area contributed by atoms with Gasteiger partial charge in [0.25, 0.3) is 0 Å². The third kappa shape index (κ3) is 6.43. The number of Topliss-reactive ketones (excluding diaryl/α,β-unsaturated/α-hetero) is 1. The Labute approximate surface area is 187 Å². The van der Waals surface area contributed by atoms with Crippen LogP contribution in [-0.4, -0.2) is 18.4 Å². The summed E-state index contributed by atoms with van der Waals surface area (Å²) in [6, 6.07) is 21.4. The maximum Gasteiger partial charge on any atom is 0.338 e. The maximum absolute atomic E-state index is 12.2. The molecule has 0 N–H and O–H groups in total. The van der Waals surface area contributed by atoms with E-state index in [1.54, 1.807) is 48.5 Å². The van der Waals surface area contributed by atoms with Crippen molar-refractivity contribution in [3.05, 3.63) is 100 Å². The van der Waals surface area contributed by atoms with Crippen molar-refractivity contribution in [3.63, 3.8) is 0 Å². The standard InChI is InChI=1S/C26H25ClO4/c1-26(2,3)21-10-14-23(15-11-21)30-16-18-4-6-20(7-5-18)25(29)31-17-24(28)19-8-12-22(27)13-9-19/h4-15H,16-17H2,1-3H3. The predicted molar refractivity (Wildman–Crippen MR) is 122 cm³/mol. The molecule has 5 heteroatoms. The van der Waals surface area contributed by atoms with Gasteiger partial charge >= 0.3 is 5.97 Å². The monoisotopic (exact) mass is 436 g/mol. The number of carbonyl (C=O) groups is 2. The van der Waals surface area contributed by atoms with E-state index in [-0.39, 0.29) is 17.8 Å². The quantitative estimate of drug-likeness (QED) is 0.324. The van der Waals surface area contributed by atoms with Crippen LogP contribution in [0.1, 0.15) is 52.6 Å². The highest BCUT2D eigenvalue weighted by Gasteiger charge is 2.14. The summed E-state index contributed by atoms with van der Waals surface area (Å²) < 4.78 is 11.0. The van der Waals surface area contributed by atoms with E-state index < -0.39 is 5.97 Å². The Morgan fingerprint density at radius 2 is 1.39 bits per heavy atom. The Hall–Kier alpha value is -3.11. The molecule has 0 spiro atoms. The summed E-state index contributed by atoms with van der Waals surface area (Å²) in [6.45, 7) is 6.57. The van der Waals surface area contributed by atoms with Gasteiger partial charge in [0.1, 0.15) is 12.4 Å². The van der Waals surface area contributed by atoms with Gasteiger partial charge in [0.2, 0.25) is 0 Å². The van der Waals surface area contributed by atoms with Crippen molar-refractivity contribution in [1.29, 1.82) is 0 Å². The fourth-order valence-electron chi connectivity index (χ4n) is 2.89. The summed E-state index contributed by atoms with van der Waals surface area (Å²) in [6.07, 6.45) is 0. The van der Waals surface area contributed by atoms with Gasteiger partial charge in [-0.15, -0.1) is 0 Å². The van der Waals surface area contributed by atoms with Crippen LogP contribution in [-0.2, 0) is 16.8 Å². The molecule has 0 amide bonds. The fraction of sp³-hybridized carbons (Fsp3) is 0.231. The van der Waals surface area contributed by atoms with E-state index in [1.807, 2.05) is 12.1 Å². The van der Waals surface area contributed by atoms with Crippen molar-refractivity contribution in [2.75, 3.05) is 6.61 Å². The SMILES string of the molecule is CC(C)(C)c1ccc(OCc2ccc(C(=O)OCC(=O)c3ccc(Cl)cc3)cc2)cc1. The zero-order valence-electron chi connectivity index (χ0n) is 17.9. The lowest BCUT2D eigenvalue weighted by Crippen LogP contribution is -2.14. The Morgan fingerprint density at radius 1 is 0.806 bits per heavy atom. The molecule has 3 aromatic carbocycles. The molecular weight excluding hydrogens is 412 g/mol. The second kappa shape index (κ2) is 9.80. The molecule has 3 aromatic rings. The summed E-state index contributed by atoms with van der Waals surface area (Å²) >= 11 is 5.81. The number of benzene rings is 3. The lowest BCUT2D eigenvalue weighted by molar-refractivity contribution is 0.0474. The fourth-order valence-corrected chi connectivity index (χ4v) is 3.01. The number of halogens is 1. The molecule has 0 aromatic heterocycles. The summed E-state index contributed by atoms with van der Waals surface area (Å²) in [5.74, 6) is -0.0442. The number of rotatable bonds is 7. The molecule has 0 unspecified atom stereocenters. The molecule has 0 saturated heterocycles. The summed E-state index contributed by atoms with van der Waals surface area (Å²) in [4.78, 5) is 24.3. The molecule has 0 aliphatic rings. The van der Waals surface area contributed by atoms with Gasteiger partial charge in [0.05, 0.1) is 5.56 Å². The molecule has 0 aliphatic heterocycles. The molecule has 31 heavy (non-hydrogen) atoms. The Bertz CT molecular complexity index is 1030. The van der Waals surface area contributed by atoms with Gasteiger partial charge in [0, 0.05) is 10.6 Å². The topological polar surface area (TPSA) is 52.6 Å². The highest BCUT2D eigenvalue weighted by atomic mass is 35.5. The highest BCUT2D eigenvalue weighted by molar-refractivity contribution is 6.30. The van der Waals surface area contributed by atoms with Gasteiger partial charge in [-0.05, 0) is 65.1 Å². The molecular formula is C26H25ClO4. The second-order valence-corrected chi connectivity index (χ2v) is 8.70. The van der Waals surface area contributed by atoms with Crippen LogP contribution in [0.4, 0.5) is 0 Å². The first kappa shape index (κ1) is 22.6. The maximum atomic E-state index is 12.2. The van der Waals surface area contributed by atoms with Gasteiger partial charge in [-0.25, -0.2) is 4.79 Å². The lowest BCUT2D eigenvalue weighted by atomic mass is 9.87. The molecule has 0 saturated carbocycles. The zero-order valence-corrected chi connectivity index (χ0v) is 18.6. The van der Waals surface area contributed by atoms with Crippen molar-refractivity contribution < 1.29 is 19.1 Å². The van der Waals surface area contributed by atoms with E-state index in [9.17, 15) is 9.59 Å². The van der Waals surface area contributed by atoms with E-state index in [0.29, 0.717) is 22.8 Å². The van der Waals surface area contributed by atoms with Crippen LogP contribution in [0.25, 0.3) is 0 Å². The van der Waals surface area contributed by atoms with Gasteiger partial charge in [-0.2, -0.15) is 0 Å². The van der Waals surface area contributed by atoms with Gasteiger partial charge in [-0.1, -0.05) is 56.6 Å². The lowest BCUT2D eigenvalue weighted by Gasteiger charge is -2.19. The smallest absolute Gasteiger partial charge is 0.338 e. The van der Waals surface area contributed by atoms with Crippen molar-refractivity contribution in [2.24, 2.45) is 0 Å². The Kier molecular flexibility index (Phi) is 7.13. The van der Waals surface area contributed by atoms with Crippen molar-refractivity contribution in [3.8, 4) is 5.75 Å². The largest absolute Gasteiger partial charge is 0.489 e. The zero-order chi connectivity index (χ0) is 22.4. The summed E-state index contributed by atoms with van der Waals surface area (Å²) in [7, 11) is 0. The van der Waals surface area contributed by atoms with Crippen LogP contribution >= 0.6 is 11.6 Å². The molecule has 0 heterocycles. The third-order valence-electron chi connectivity index (χ3n) is 4.82. The Balaban J connectivity index is 1.50. The number of hydrogen-bond acceptors (Lipinski definition) is 4. The van der Waals surface area contributed by atoms with E-state index in [4.69, 9.17) is 21.1 Å². The first-order valence-corrected chi connectivity index (χ1v) is 10.4. The molecule has 0 aliphatic carbocycles. The molecule has 0 fully saturated rings. The van der Waals surface area contributed by atoms with Crippen molar-refractivity contribution in [2.45, 2.75) is 32.8 Å². The van der Waals surface area contributed by atoms with Gasteiger partial charge < -0.3 is 9.47 Å². The molecule has 4 nitrogen and oxygen atoms in total. The highest BCUT2D eigenvalue weighted by Crippen LogP contribution is 2.24. The average molecular weight is 437 g/mol. The van der Waals surface area contributed by atoms with E-state index in [0.717, 1.165) is 11.3 Å². The van der Waals surface area contributed by atoms with E-state index in [1.165, 1.54) is 5.56 Å². The molecule has 3 rings (SSSR count). The van der Waals surface area contributed by atoms with Crippen LogP contribution in [0.3, 0.4) is 0 Å². The number of ether oxygens (including phenoxy) is 2. The van der Waals surface area contributed by atoms with Crippen LogP contribution in [0.15, 0.2) is 72.8 Å². The van der Waals surface area contributed by atoms with Crippen LogP contribution < -0.4 is 4.74 Å². The number of ketones is 1. The number of hydrogen-bond donors (Lipinski definition) is 0. The first-order chi connectivity index (χ1) is 14.7. The first-order valence-electron chi connectivity index (χ1n) is 10.0. The third-order valence-corrected chi connectivity index (χ3v) is 5.07. The van der Waals surface area contributed by atoms with E-state index >= 15 is 0 Å². The van der Waals surface area contributed by atoms with Crippen LogP contribution in [0.5, 0.6) is 5.75 Å². The normalized spacial score (nSPS) is 11.1. The minimum atomic E-state index is -0.549. The Morgan fingerprint density at radius 3 is 1.97 bits per heavy atom. The molecule has 0 bridgehead atoms. The van der Waals surface area contributed by atoms with E-state index in [2.05, 4.69) is 32.9 Å².